The van der Waals surface area contributed by atoms with Gasteiger partial charge in [0.2, 0.25) is 5.91 Å². The van der Waals surface area contributed by atoms with Crippen LogP contribution >= 0.6 is 0 Å². The molecule has 0 bridgehead atoms. The van der Waals surface area contributed by atoms with Gasteiger partial charge in [-0.15, -0.1) is 0 Å². The molecule has 1 fully saturated rings. The summed E-state index contributed by atoms with van der Waals surface area (Å²) in [4.78, 5) is 23.3. The predicted molar refractivity (Wildman–Crippen MR) is 71.8 cm³/mol. The van der Waals surface area contributed by atoms with Crippen molar-refractivity contribution in [3.05, 3.63) is 0 Å². The van der Waals surface area contributed by atoms with E-state index in [9.17, 15) is 14.7 Å². The van der Waals surface area contributed by atoms with E-state index in [-0.39, 0.29) is 18.6 Å². The maximum Gasteiger partial charge on any atom is 0.329 e. The fourth-order valence-electron chi connectivity index (χ4n) is 2.29. The summed E-state index contributed by atoms with van der Waals surface area (Å²) in [6.45, 7) is 5.91. The van der Waals surface area contributed by atoms with Crippen molar-refractivity contribution in [2.24, 2.45) is 5.92 Å². The first-order valence-corrected chi connectivity index (χ1v) is 7.05. The Morgan fingerprint density at radius 2 is 2.00 bits per heavy atom. The number of hydrogen-bond donors (Lipinski definition) is 2. The van der Waals surface area contributed by atoms with Gasteiger partial charge in [0, 0.05) is 0 Å². The monoisotopic (exact) mass is 271 g/mol. The summed E-state index contributed by atoms with van der Waals surface area (Å²) < 4.78 is 5.34. The molecule has 0 aromatic carbocycles. The van der Waals surface area contributed by atoms with Gasteiger partial charge in [-0.25, -0.2) is 4.79 Å². The highest BCUT2D eigenvalue weighted by Crippen LogP contribution is 2.32. The maximum absolute atomic E-state index is 11.8. The zero-order chi connectivity index (χ0) is 14.5. The third kappa shape index (κ3) is 4.49. The molecule has 1 aliphatic carbocycles. The van der Waals surface area contributed by atoms with E-state index < -0.39 is 11.5 Å². The predicted octanol–water partition coefficient (Wildman–Crippen LogP) is 1.95. The molecule has 0 saturated heterocycles. The van der Waals surface area contributed by atoms with E-state index >= 15 is 0 Å². The number of carbonyl (C=O) groups is 2. The number of aliphatic carboxylic acids is 1. The number of amides is 1. The summed E-state index contributed by atoms with van der Waals surface area (Å²) >= 11 is 0. The second kappa shape index (κ2) is 6.89. The summed E-state index contributed by atoms with van der Waals surface area (Å²) in [5, 5.41) is 12.1. The molecular formula is C14H25NO4. The lowest BCUT2D eigenvalue weighted by molar-refractivity contribution is -0.150. The first-order valence-electron chi connectivity index (χ1n) is 7.05. The molecule has 1 amide bonds. The van der Waals surface area contributed by atoms with Gasteiger partial charge >= 0.3 is 5.97 Å². The Morgan fingerprint density at radius 3 is 2.47 bits per heavy atom. The molecule has 2 N–H and O–H groups in total. The average molecular weight is 271 g/mol. The van der Waals surface area contributed by atoms with Crippen molar-refractivity contribution >= 4 is 11.9 Å². The van der Waals surface area contributed by atoms with Crippen molar-refractivity contribution in [2.75, 3.05) is 6.61 Å². The Balaban J connectivity index is 2.54. The van der Waals surface area contributed by atoms with Gasteiger partial charge in [0.15, 0.2) is 0 Å². The number of nitrogens with one attached hydrogen (secondary N) is 1. The van der Waals surface area contributed by atoms with E-state index in [0.29, 0.717) is 18.8 Å². The van der Waals surface area contributed by atoms with Crippen molar-refractivity contribution in [3.63, 3.8) is 0 Å². The van der Waals surface area contributed by atoms with E-state index in [4.69, 9.17) is 4.74 Å². The molecule has 110 valence electrons. The summed E-state index contributed by atoms with van der Waals surface area (Å²) in [6, 6.07) is 0. The largest absolute Gasteiger partial charge is 0.480 e. The molecule has 1 saturated carbocycles. The van der Waals surface area contributed by atoms with Crippen molar-refractivity contribution in [3.8, 4) is 0 Å². The number of ether oxygens (including phenoxy) is 1. The zero-order valence-corrected chi connectivity index (χ0v) is 12.1. The molecule has 1 aliphatic rings. The number of rotatable bonds is 6. The quantitative estimate of drug-likeness (QED) is 0.774. The number of carbonyl (C=O) groups excluding carboxylic acids is 1. The van der Waals surface area contributed by atoms with Crippen LogP contribution in [-0.4, -0.2) is 35.2 Å². The third-order valence-corrected chi connectivity index (χ3v) is 3.99. The number of carboxylic acids is 1. The first kappa shape index (κ1) is 16.0. The van der Waals surface area contributed by atoms with Crippen LogP contribution in [0.5, 0.6) is 0 Å². The highest BCUT2D eigenvalue weighted by molar-refractivity contribution is 5.87. The molecule has 0 radical (unpaired) electrons. The minimum Gasteiger partial charge on any atom is -0.480 e. The van der Waals surface area contributed by atoms with Crippen LogP contribution < -0.4 is 5.32 Å². The van der Waals surface area contributed by atoms with Gasteiger partial charge in [0.1, 0.15) is 12.1 Å². The van der Waals surface area contributed by atoms with Gasteiger partial charge in [0.05, 0.1) is 6.10 Å². The highest BCUT2D eigenvalue weighted by atomic mass is 16.5. The summed E-state index contributed by atoms with van der Waals surface area (Å²) in [7, 11) is 0. The van der Waals surface area contributed by atoms with Gasteiger partial charge in [-0.3, -0.25) is 4.79 Å². The van der Waals surface area contributed by atoms with Crippen molar-refractivity contribution in [2.45, 2.75) is 64.5 Å². The molecule has 0 spiro atoms. The second-order valence-corrected chi connectivity index (χ2v) is 5.65. The molecule has 19 heavy (non-hydrogen) atoms. The Morgan fingerprint density at radius 1 is 1.42 bits per heavy atom. The fraction of sp³-hybridized carbons (Fsp3) is 0.857. The lowest BCUT2D eigenvalue weighted by atomic mass is 9.77. The van der Waals surface area contributed by atoms with Crippen LogP contribution in [0.1, 0.15) is 52.9 Å². The maximum atomic E-state index is 11.8. The molecule has 5 nitrogen and oxygen atoms in total. The summed E-state index contributed by atoms with van der Waals surface area (Å²) in [6.07, 6.45) is 3.50. The Labute approximate surface area is 114 Å². The number of hydrogen-bond acceptors (Lipinski definition) is 3. The third-order valence-electron chi connectivity index (χ3n) is 3.99. The van der Waals surface area contributed by atoms with Crippen LogP contribution in [0.2, 0.25) is 0 Å². The minimum absolute atomic E-state index is 0.0120. The smallest absolute Gasteiger partial charge is 0.329 e. The molecule has 0 aromatic heterocycles. The lowest BCUT2D eigenvalue weighted by Crippen LogP contribution is -2.57. The van der Waals surface area contributed by atoms with E-state index in [1.165, 1.54) is 0 Å². The lowest BCUT2D eigenvalue weighted by Gasteiger charge is -2.36. The van der Waals surface area contributed by atoms with Crippen LogP contribution in [0, 0.1) is 5.92 Å². The Kier molecular flexibility index (Phi) is 5.79. The minimum atomic E-state index is -1.09. The topological polar surface area (TPSA) is 75.6 Å². The average Bonchev–Trinajstić information content (AvgIpc) is 2.38. The number of carboxylic acid groups (broad SMARTS) is 1. The van der Waals surface area contributed by atoms with E-state index in [2.05, 4.69) is 12.2 Å². The van der Waals surface area contributed by atoms with Gasteiger partial charge in [-0.05, 0) is 44.9 Å². The molecular weight excluding hydrogens is 246 g/mol. The SMILES string of the molecule is CCC(C)OCC(=O)NC1(C(=O)O)CCC(C)CC1. The van der Waals surface area contributed by atoms with Crippen molar-refractivity contribution < 1.29 is 19.4 Å². The molecule has 1 unspecified atom stereocenters. The van der Waals surface area contributed by atoms with Crippen LogP contribution in [0.15, 0.2) is 0 Å². The molecule has 0 aliphatic heterocycles. The summed E-state index contributed by atoms with van der Waals surface area (Å²) in [5.74, 6) is -0.741. The molecule has 1 atom stereocenters. The van der Waals surface area contributed by atoms with Gasteiger partial charge in [0.25, 0.3) is 0 Å². The highest BCUT2D eigenvalue weighted by Gasteiger charge is 2.42. The molecule has 0 aromatic rings. The van der Waals surface area contributed by atoms with Crippen molar-refractivity contribution in [1.82, 2.24) is 5.32 Å². The van der Waals surface area contributed by atoms with E-state index in [1.54, 1.807) is 0 Å². The summed E-state index contributed by atoms with van der Waals surface area (Å²) in [5.41, 5.74) is -1.09. The van der Waals surface area contributed by atoms with Gasteiger partial charge < -0.3 is 15.2 Å². The zero-order valence-electron chi connectivity index (χ0n) is 12.1. The van der Waals surface area contributed by atoms with Crippen LogP contribution in [0.4, 0.5) is 0 Å². The molecule has 5 heteroatoms. The Bertz CT molecular complexity index is 321. The van der Waals surface area contributed by atoms with Gasteiger partial charge in [-0.1, -0.05) is 13.8 Å². The Hall–Kier alpha value is -1.10. The first-order chi connectivity index (χ1) is 8.89. The molecule has 0 heterocycles. The van der Waals surface area contributed by atoms with Crippen LogP contribution in [0.3, 0.4) is 0 Å². The standard InChI is InChI=1S/C14H25NO4/c1-4-11(3)19-9-12(16)15-14(13(17)18)7-5-10(2)6-8-14/h10-11H,4-9H2,1-3H3,(H,15,16)(H,17,18). The van der Waals surface area contributed by atoms with Crippen molar-refractivity contribution in [1.29, 1.82) is 0 Å². The molecule has 1 rings (SSSR count). The van der Waals surface area contributed by atoms with E-state index in [1.807, 2.05) is 13.8 Å². The normalized spacial score (nSPS) is 28.7. The fourth-order valence-corrected chi connectivity index (χ4v) is 2.29. The second-order valence-electron chi connectivity index (χ2n) is 5.65. The van der Waals surface area contributed by atoms with Crippen LogP contribution in [0.25, 0.3) is 0 Å². The van der Waals surface area contributed by atoms with Gasteiger partial charge in [-0.2, -0.15) is 0 Å². The van der Waals surface area contributed by atoms with E-state index in [0.717, 1.165) is 19.3 Å². The van der Waals surface area contributed by atoms with Crippen LogP contribution in [-0.2, 0) is 14.3 Å².